The highest BCUT2D eigenvalue weighted by Crippen LogP contribution is 2.36. The molecule has 3 heterocycles. The molecule has 0 saturated carbocycles. The van der Waals surface area contributed by atoms with E-state index in [-0.39, 0.29) is 5.91 Å². The molecule has 4 rings (SSSR count). The van der Waals surface area contributed by atoms with E-state index < -0.39 is 12.1 Å². The Morgan fingerprint density at radius 2 is 2.04 bits per heavy atom. The molecule has 1 aromatic carbocycles. The lowest BCUT2D eigenvalue weighted by Crippen LogP contribution is -2.30. The van der Waals surface area contributed by atoms with E-state index in [0.717, 1.165) is 21.8 Å². The number of amides is 3. The van der Waals surface area contributed by atoms with Crippen molar-refractivity contribution in [2.45, 2.75) is 33.2 Å². The summed E-state index contributed by atoms with van der Waals surface area (Å²) < 4.78 is 11.5. The summed E-state index contributed by atoms with van der Waals surface area (Å²) in [5.74, 6) is 1.48. The van der Waals surface area contributed by atoms with E-state index in [9.17, 15) is 9.59 Å². The first-order valence-corrected chi connectivity index (χ1v) is 9.22. The summed E-state index contributed by atoms with van der Waals surface area (Å²) in [4.78, 5) is 29.2. The van der Waals surface area contributed by atoms with Crippen LogP contribution in [0.1, 0.15) is 26.3 Å². The van der Waals surface area contributed by atoms with Gasteiger partial charge in [-0.15, -0.1) is 0 Å². The molecule has 1 atom stereocenters. The van der Waals surface area contributed by atoms with E-state index in [4.69, 9.17) is 9.47 Å². The first-order chi connectivity index (χ1) is 13.5. The quantitative estimate of drug-likeness (QED) is 0.645. The zero-order valence-electron chi connectivity index (χ0n) is 16.2. The predicted octanol–water partition coefficient (Wildman–Crippen LogP) is 3.84. The van der Waals surface area contributed by atoms with Crippen molar-refractivity contribution in [2.75, 3.05) is 11.5 Å². The Morgan fingerprint density at radius 3 is 2.68 bits per heavy atom. The van der Waals surface area contributed by atoms with Crippen molar-refractivity contribution in [1.29, 1.82) is 0 Å². The van der Waals surface area contributed by atoms with Gasteiger partial charge in [-0.25, -0.2) is 14.7 Å². The molecule has 146 valence electrons. The van der Waals surface area contributed by atoms with Crippen molar-refractivity contribution >= 4 is 17.6 Å². The third-order valence-corrected chi connectivity index (χ3v) is 4.28. The number of anilines is 1. The average Bonchev–Trinajstić information content (AvgIpc) is 2.96. The van der Waals surface area contributed by atoms with Gasteiger partial charge in [-0.2, -0.15) is 0 Å². The first kappa shape index (κ1) is 19.4. The van der Waals surface area contributed by atoms with E-state index in [2.05, 4.69) is 16.9 Å². The molecule has 0 radical (unpaired) electrons. The number of fused-ring (bicyclic) bond motifs is 1. The molecule has 1 fully saturated rings. The largest absolute Gasteiger partial charge is 0.489 e. The third kappa shape index (κ3) is 3.69. The number of pyridine rings is 1. The number of carbonyl (C=O) groups excluding carboxylic acids is 2. The molecule has 1 aromatic heterocycles. The molecule has 7 nitrogen and oxygen atoms in total. The van der Waals surface area contributed by atoms with Gasteiger partial charge in [0.15, 0.2) is 0 Å². The maximum Gasteiger partial charge on any atom is 0.329 e. The van der Waals surface area contributed by atoms with Gasteiger partial charge in [-0.05, 0) is 30.7 Å². The van der Waals surface area contributed by atoms with Gasteiger partial charge in [-0.1, -0.05) is 26.5 Å². The SMILES string of the molecule is C=C1COc2cccc(Oc3ccc(N4C(=O)NC(C)C4=O)cn3)c2C1.CC. The Bertz CT molecular complexity index is 908. The fourth-order valence-electron chi connectivity index (χ4n) is 2.96. The predicted molar refractivity (Wildman–Crippen MR) is 106 cm³/mol. The Balaban J connectivity index is 0.00000109. The summed E-state index contributed by atoms with van der Waals surface area (Å²) in [7, 11) is 0. The van der Waals surface area contributed by atoms with Gasteiger partial charge in [0.05, 0.1) is 11.9 Å². The van der Waals surface area contributed by atoms with Crippen LogP contribution in [0.4, 0.5) is 10.5 Å². The fraction of sp³-hybridized carbons (Fsp3) is 0.286. The van der Waals surface area contributed by atoms with Crippen LogP contribution < -0.4 is 19.7 Å². The smallest absolute Gasteiger partial charge is 0.329 e. The summed E-state index contributed by atoms with van der Waals surface area (Å²) in [6, 6.07) is 7.84. The second-order valence-electron chi connectivity index (χ2n) is 6.25. The molecule has 28 heavy (non-hydrogen) atoms. The summed E-state index contributed by atoms with van der Waals surface area (Å²) in [6.07, 6.45) is 2.12. The van der Waals surface area contributed by atoms with Crippen LogP contribution in [0.3, 0.4) is 0 Å². The molecule has 1 unspecified atom stereocenters. The van der Waals surface area contributed by atoms with Gasteiger partial charge in [0.25, 0.3) is 5.91 Å². The maximum absolute atomic E-state index is 12.0. The van der Waals surface area contributed by atoms with E-state index in [1.165, 1.54) is 6.20 Å². The standard InChI is InChI=1S/C19H17N3O4.C2H6/c1-11-8-14-15(25-10-11)4-3-5-16(14)26-17-7-6-13(9-20-17)22-18(23)12(2)21-19(22)24;1-2/h3-7,9,12H,1,8,10H2,2H3,(H,21,24);1-2H3. The normalized spacial score (nSPS) is 17.9. The molecule has 0 spiro atoms. The number of nitrogens with one attached hydrogen (secondary N) is 1. The van der Waals surface area contributed by atoms with Crippen molar-refractivity contribution in [3.63, 3.8) is 0 Å². The lowest BCUT2D eigenvalue weighted by atomic mass is 10.0. The van der Waals surface area contributed by atoms with Gasteiger partial charge < -0.3 is 14.8 Å². The molecule has 0 bridgehead atoms. The Labute approximate surface area is 164 Å². The van der Waals surface area contributed by atoms with Crippen LogP contribution in [-0.4, -0.2) is 29.6 Å². The molecule has 2 aromatic rings. The molecule has 7 heteroatoms. The second kappa shape index (κ2) is 8.12. The van der Waals surface area contributed by atoms with Crippen LogP contribution in [-0.2, 0) is 11.2 Å². The molecule has 2 aliphatic heterocycles. The van der Waals surface area contributed by atoms with E-state index in [1.807, 2.05) is 32.0 Å². The molecule has 1 saturated heterocycles. The number of ether oxygens (including phenoxy) is 2. The maximum atomic E-state index is 12.0. The molecule has 3 amide bonds. The van der Waals surface area contributed by atoms with Crippen molar-refractivity contribution in [3.05, 3.63) is 54.2 Å². The summed E-state index contributed by atoms with van der Waals surface area (Å²) in [6.45, 7) is 10.1. The third-order valence-electron chi connectivity index (χ3n) is 4.28. The number of carbonyl (C=O) groups is 2. The highest BCUT2D eigenvalue weighted by Gasteiger charge is 2.36. The van der Waals surface area contributed by atoms with Crippen molar-refractivity contribution in [2.24, 2.45) is 0 Å². The summed E-state index contributed by atoms with van der Waals surface area (Å²) in [5, 5.41) is 2.56. The van der Waals surface area contributed by atoms with Crippen LogP contribution in [0.2, 0.25) is 0 Å². The molecule has 2 aliphatic rings. The fourth-order valence-corrected chi connectivity index (χ4v) is 2.96. The number of nitrogens with zero attached hydrogens (tertiary/aromatic N) is 2. The van der Waals surface area contributed by atoms with Crippen LogP contribution in [0.15, 0.2) is 48.7 Å². The van der Waals surface area contributed by atoms with Gasteiger partial charge in [0.2, 0.25) is 5.88 Å². The van der Waals surface area contributed by atoms with Crippen LogP contribution in [0.25, 0.3) is 0 Å². The first-order valence-electron chi connectivity index (χ1n) is 9.22. The molecule has 1 N–H and O–H groups in total. The Hall–Kier alpha value is -3.35. The lowest BCUT2D eigenvalue weighted by Gasteiger charge is -2.21. The summed E-state index contributed by atoms with van der Waals surface area (Å²) >= 11 is 0. The van der Waals surface area contributed by atoms with Crippen LogP contribution in [0.5, 0.6) is 17.4 Å². The number of benzene rings is 1. The van der Waals surface area contributed by atoms with Crippen molar-refractivity contribution < 1.29 is 19.1 Å². The molecule has 0 aliphatic carbocycles. The number of urea groups is 1. The van der Waals surface area contributed by atoms with E-state index >= 15 is 0 Å². The van der Waals surface area contributed by atoms with Crippen LogP contribution in [0, 0.1) is 0 Å². The minimum atomic E-state index is -0.539. The molecular weight excluding hydrogens is 358 g/mol. The Kier molecular flexibility index (Phi) is 5.63. The van der Waals surface area contributed by atoms with Gasteiger partial charge in [0.1, 0.15) is 24.1 Å². The van der Waals surface area contributed by atoms with E-state index in [1.54, 1.807) is 19.1 Å². The minimum Gasteiger partial charge on any atom is -0.489 e. The Morgan fingerprint density at radius 1 is 1.25 bits per heavy atom. The zero-order chi connectivity index (χ0) is 20.3. The number of imide groups is 1. The topological polar surface area (TPSA) is 80.8 Å². The number of hydrogen-bond acceptors (Lipinski definition) is 5. The minimum absolute atomic E-state index is 0.307. The van der Waals surface area contributed by atoms with Gasteiger partial charge in [-0.3, -0.25) is 4.79 Å². The number of rotatable bonds is 3. The summed E-state index contributed by atoms with van der Waals surface area (Å²) in [5.41, 5.74) is 2.30. The van der Waals surface area contributed by atoms with Gasteiger partial charge in [0, 0.05) is 18.1 Å². The number of hydrogen-bond donors (Lipinski definition) is 1. The number of aromatic nitrogens is 1. The zero-order valence-corrected chi connectivity index (χ0v) is 16.2. The highest BCUT2D eigenvalue weighted by molar-refractivity contribution is 6.21. The monoisotopic (exact) mass is 381 g/mol. The van der Waals surface area contributed by atoms with Crippen LogP contribution >= 0.6 is 0 Å². The van der Waals surface area contributed by atoms with E-state index in [0.29, 0.717) is 30.3 Å². The average molecular weight is 381 g/mol. The van der Waals surface area contributed by atoms with Crippen molar-refractivity contribution in [3.8, 4) is 17.4 Å². The lowest BCUT2D eigenvalue weighted by molar-refractivity contribution is -0.117. The van der Waals surface area contributed by atoms with Crippen molar-refractivity contribution in [1.82, 2.24) is 10.3 Å². The van der Waals surface area contributed by atoms with Gasteiger partial charge >= 0.3 is 6.03 Å². The second-order valence-corrected chi connectivity index (χ2v) is 6.25. The molecular formula is C21H23N3O4. The highest BCUT2D eigenvalue weighted by atomic mass is 16.5.